The van der Waals surface area contributed by atoms with Crippen LogP contribution in [-0.4, -0.2) is 18.6 Å². The van der Waals surface area contributed by atoms with Crippen molar-refractivity contribution in [1.82, 2.24) is 5.32 Å². The average Bonchev–Trinajstić information content (AvgIpc) is 3.18. The Morgan fingerprint density at radius 1 is 1.35 bits per heavy atom. The summed E-state index contributed by atoms with van der Waals surface area (Å²) in [5.41, 5.74) is 0. The molecule has 3 nitrogen and oxygen atoms in total. The zero-order valence-corrected chi connectivity index (χ0v) is 12.7. The molecule has 1 N–H and O–H groups in total. The Labute approximate surface area is 124 Å². The van der Waals surface area contributed by atoms with Crippen molar-refractivity contribution in [1.29, 1.82) is 0 Å². The molecule has 1 aromatic rings. The molecule has 1 saturated carbocycles. The van der Waals surface area contributed by atoms with Gasteiger partial charge in [0, 0.05) is 11.5 Å². The predicted molar refractivity (Wildman–Crippen MR) is 80.8 cm³/mol. The van der Waals surface area contributed by atoms with E-state index in [0.717, 1.165) is 19.4 Å². The van der Waals surface area contributed by atoms with Crippen molar-refractivity contribution in [2.45, 2.75) is 57.1 Å². The summed E-state index contributed by atoms with van der Waals surface area (Å²) in [7, 11) is 0. The third kappa shape index (κ3) is 3.41. The highest BCUT2D eigenvalue weighted by Gasteiger charge is 2.29. The van der Waals surface area contributed by atoms with E-state index in [1.54, 1.807) is 11.3 Å². The van der Waals surface area contributed by atoms with Crippen molar-refractivity contribution in [3.05, 3.63) is 22.4 Å². The molecule has 0 spiro atoms. The lowest BCUT2D eigenvalue weighted by Gasteiger charge is -2.24. The Balaban J connectivity index is 1.61. The Kier molecular flexibility index (Phi) is 4.73. The van der Waals surface area contributed by atoms with E-state index in [4.69, 9.17) is 4.74 Å². The van der Waals surface area contributed by atoms with Crippen LogP contribution in [0.1, 0.15) is 55.9 Å². The zero-order valence-electron chi connectivity index (χ0n) is 11.8. The van der Waals surface area contributed by atoms with Crippen LogP contribution in [0.25, 0.3) is 0 Å². The molecule has 0 bridgehead atoms. The highest BCUT2D eigenvalue weighted by molar-refractivity contribution is 7.10. The van der Waals surface area contributed by atoms with E-state index in [-0.39, 0.29) is 18.1 Å². The number of nitrogens with one attached hydrogen (secondary N) is 1. The van der Waals surface area contributed by atoms with Gasteiger partial charge in [-0.05, 0) is 43.0 Å². The number of hydrogen-bond donors (Lipinski definition) is 1. The summed E-state index contributed by atoms with van der Waals surface area (Å²) >= 11 is 1.76. The van der Waals surface area contributed by atoms with Crippen LogP contribution in [0.15, 0.2) is 17.5 Å². The first-order valence-electron chi connectivity index (χ1n) is 7.77. The van der Waals surface area contributed by atoms with Crippen molar-refractivity contribution in [3.8, 4) is 0 Å². The van der Waals surface area contributed by atoms with E-state index < -0.39 is 0 Å². The molecule has 20 heavy (non-hydrogen) atoms. The monoisotopic (exact) mass is 293 g/mol. The normalized spacial score (nSPS) is 24.9. The van der Waals surface area contributed by atoms with Gasteiger partial charge < -0.3 is 10.1 Å². The number of rotatable bonds is 5. The van der Waals surface area contributed by atoms with Crippen LogP contribution in [0.4, 0.5) is 0 Å². The first-order valence-corrected chi connectivity index (χ1v) is 8.65. The molecular formula is C16H23NO2S. The summed E-state index contributed by atoms with van der Waals surface area (Å²) in [5, 5.41) is 5.38. The quantitative estimate of drug-likeness (QED) is 0.899. The van der Waals surface area contributed by atoms with Crippen LogP contribution in [0.3, 0.4) is 0 Å². The molecule has 110 valence electrons. The van der Waals surface area contributed by atoms with E-state index in [9.17, 15) is 4.79 Å². The average molecular weight is 293 g/mol. The summed E-state index contributed by atoms with van der Waals surface area (Å²) in [6.07, 6.45) is 7.86. The van der Waals surface area contributed by atoms with E-state index in [2.05, 4.69) is 22.8 Å². The minimum atomic E-state index is 0.141. The number of thiophene rings is 1. The molecule has 1 aliphatic heterocycles. The van der Waals surface area contributed by atoms with E-state index >= 15 is 0 Å². The number of hydrogen-bond acceptors (Lipinski definition) is 3. The third-order valence-electron chi connectivity index (χ3n) is 4.47. The van der Waals surface area contributed by atoms with Gasteiger partial charge in [-0.25, -0.2) is 0 Å². The van der Waals surface area contributed by atoms with Gasteiger partial charge >= 0.3 is 0 Å². The third-order valence-corrected chi connectivity index (χ3v) is 5.43. The smallest absolute Gasteiger partial charge is 0.223 e. The fraction of sp³-hybridized carbons (Fsp3) is 0.688. The van der Waals surface area contributed by atoms with Crippen LogP contribution in [0, 0.1) is 5.92 Å². The molecule has 2 aliphatic rings. The maximum Gasteiger partial charge on any atom is 0.223 e. The summed E-state index contributed by atoms with van der Waals surface area (Å²) in [6, 6.07) is 4.44. The first kappa shape index (κ1) is 14.1. The molecule has 0 radical (unpaired) electrons. The molecule has 2 heterocycles. The maximum atomic E-state index is 12.3. The summed E-state index contributed by atoms with van der Waals surface area (Å²) in [4.78, 5) is 13.6. The van der Waals surface area contributed by atoms with Gasteiger partial charge in [-0.2, -0.15) is 0 Å². The lowest BCUT2D eigenvalue weighted by atomic mass is 9.96. The number of carbonyl (C=O) groups excluding carboxylic acids is 1. The van der Waals surface area contributed by atoms with Gasteiger partial charge in [0.1, 0.15) is 0 Å². The molecule has 1 amide bonds. The predicted octanol–water partition coefficient (Wildman–Crippen LogP) is 3.66. The molecule has 1 aliphatic carbocycles. The van der Waals surface area contributed by atoms with Crippen LogP contribution < -0.4 is 5.32 Å². The minimum Gasteiger partial charge on any atom is -0.378 e. The van der Waals surface area contributed by atoms with Crippen molar-refractivity contribution in [2.75, 3.05) is 6.61 Å². The van der Waals surface area contributed by atoms with Gasteiger partial charge in [0.05, 0.1) is 18.6 Å². The van der Waals surface area contributed by atoms with Crippen LogP contribution >= 0.6 is 11.3 Å². The highest BCUT2D eigenvalue weighted by atomic mass is 32.1. The van der Waals surface area contributed by atoms with Gasteiger partial charge in [0.2, 0.25) is 5.91 Å². The Hall–Kier alpha value is -0.870. The molecule has 0 aromatic carbocycles. The standard InChI is InChI=1S/C16H23NO2S/c18-15(11-13-7-3-9-19-13)17-16(12-5-1-2-6-12)14-8-4-10-20-14/h4,8,10,12-13,16H,1-3,5-7,9,11H2,(H,17,18)/t13-,16+/m0/s1. The van der Waals surface area contributed by atoms with Crippen LogP contribution in [-0.2, 0) is 9.53 Å². The topological polar surface area (TPSA) is 38.3 Å². The lowest BCUT2D eigenvalue weighted by Crippen LogP contribution is -2.34. The number of amides is 1. The number of ether oxygens (including phenoxy) is 1. The van der Waals surface area contributed by atoms with E-state index in [1.165, 1.54) is 30.6 Å². The fourth-order valence-electron chi connectivity index (χ4n) is 3.42. The lowest BCUT2D eigenvalue weighted by molar-refractivity contribution is -0.124. The molecule has 4 heteroatoms. The van der Waals surface area contributed by atoms with E-state index in [0.29, 0.717) is 12.3 Å². The van der Waals surface area contributed by atoms with Crippen LogP contribution in [0.5, 0.6) is 0 Å². The molecule has 0 unspecified atom stereocenters. The van der Waals surface area contributed by atoms with E-state index in [1.807, 2.05) is 0 Å². The summed E-state index contributed by atoms with van der Waals surface area (Å²) in [5.74, 6) is 0.768. The molecule has 2 atom stereocenters. The van der Waals surface area contributed by atoms with Gasteiger partial charge in [-0.15, -0.1) is 11.3 Å². The van der Waals surface area contributed by atoms with Crippen molar-refractivity contribution >= 4 is 17.2 Å². The molecule has 1 saturated heterocycles. The second-order valence-corrected chi connectivity index (χ2v) is 6.92. The van der Waals surface area contributed by atoms with Gasteiger partial charge in [-0.3, -0.25) is 4.79 Å². The van der Waals surface area contributed by atoms with Crippen molar-refractivity contribution < 1.29 is 9.53 Å². The first-order chi connectivity index (χ1) is 9.83. The SMILES string of the molecule is O=C(C[C@@H]1CCCO1)N[C@@H](c1cccs1)C1CCCC1. The minimum absolute atomic E-state index is 0.141. The second-order valence-electron chi connectivity index (χ2n) is 5.94. The maximum absolute atomic E-state index is 12.3. The molecule has 2 fully saturated rings. The molecule has 3 rings (SSSR count). The molecule has 1 aromatic heterocycles. The number of carbonyl (C=O) groups is 1. The van der Waals surface area contributed by atoms with Gasteiger partial charge in [0.25, 0.3) is 0 Å². The summed E-state index contributed by atoms with van der Waals surface area (Å²) in [6.45, 7) is 0.814. The highest BCUT2D eigenvalue weighted by Crippen LogP contribution is 2.37. The summed E-state index contributed by atoms with van der Waals surface area (Å²) < 4.78 is 5.56. The molecular weight excluding hydrogens is 270 g/mol. The largest absolute Gasteiger partial charge is 0.378 e. The van der Waals surface area contributed by atoms with Gasteiger partial charge in [-0.1, -0.05) is 18.9 Å². The Morgan fingerprint density at radius 3 is 2.85 bits per heavy atom. The van der Waals surface area contributed by atoms with Crippen molar-refractivity contribution in [3.63, 3.8) is 0 Å². The Bertz CT molecular complexity index is 420. The Morgan fingerprint density at radius 2 is 2.20 bits per heavy atom. The second kappa shape index (κ2) is 6.72. The van der Waals surface area contributed by atoms with Crippen LogP contribution in [0.2, 0.25) is 0 Å². The van der Waals surface area contributed by atoms with Crippen molar-refractivity contribution in [2.24, 2.45) is 5.92 Å². The fourth-order valence-corrected chi connectivity index (χ4v) is 4.29. The van der Waals surface area contributed by atoms with Gasteiger partial charge in [0.15, 0.2) is 0 Å². The zero-order chi connectivity index (χ0) is 13.8.